The van der Waals surface area contributed by atoms with Crippen LogP contribution in [0.5, 0.6) is 0 Å². The van der Waals surface area contributed by atoms with E-state index in [0.717, 1.165) is 15.4 Å². The van der Waals surface area contributed by atoms with Crippen molar-refractivity contribution in [1.82, 2.24) is 4.98 Å². The summed E-state index contributed by atoms with van der Waals surface area (Å²) in [7, 11) is 0. The van der Waals surface area contributed by atoms with E-state index in [1.54, 1.807) is 12.1 Å². The minimum Gasteiger partial charge on any atom is -0.398 e. The molecule has 0 unspecified atom stereocenters. The second kappa shape index (κ2) is 3.16. The maximum absolute atomic E-state index is 5.75. The zero-order valence-corrected chi connectivity index (χ0v) is 8.93. The van der Waals surface area contributed by atoms with Crippen LogP contribution >= 0.6 is 27.5 Å². The molecule has 0 saturated carbocycles. The highest BCUT2D eigenvalue weighted by atomic mass is 79.9. The van der Waals surface area contributed by atoms with Crippen molar-refractivity contribution < 1.29 is 0 Å². The third-order valence-electron chi connectivity index (χ3n) is 1.77. The Balaban J connectivity index is 2.81. The zero-order valence-electron chi connectivity index (χ0n) is 6.59. The van der Waals surface area contributed by atoms with Gasteiger partial charge in [0.1, 0.15) is 5.15 Å². The lowest BCUT2D eigenvalue weighted by Gasteiger charge is -2.01. The number of fused-ring (bicyclic) bond motifs is 1. The van der Waals surface area contributed by atoms with Crippen LogP contribution in [-0.4, -0.2) is 4.98 Å². The van der Waals surface area contributed by atoms with Crippen molar-refractivity contribution in [3.8, 4) is 0 Å². The molecular weight excluding hydrogens is 251 g/mol. The van der Waals surface area contributed by atoms with Crippen LogP contribution in [-0.2, 0) is 0 Å². The summed E-state index contributed by atoms with van der Waals surface area (Å²) in [6.45, 7) is 0. The second-order valence-electron chi connectivity index (χ2n) is 2.70. The van der Waals surface area contributed by atoms with Crippen LogP contribution in [0.15, 0.2) is 28.7 Å². The van der Waals surface area contributed by atoms with Gasteiger partial charge in [-0.3, -0.25) is 0 Å². The van der Waals surface area contributed by atoms with E-state index >= 15 is 0 Å². The van der Waals surface area contributed by atoms with Crippen LogP contribution in [0.1, 0.15) is 0 Å². The highest BCUT2D eigenvalue weighted by Gasteiger charge is 2.00. The molecule has 0 fully saturated rings. The average molecular weight is 258 g/mol. The van der Waals surface area contributed by atoms with Crippen LogP contribution in [0.2, 0.25) is 5.15 Å². The van der Waals surface area contributed by atoms with E-state index in [4.69, 9.17) is 17.3 Å². The zero-order chi connectivity index (χ0) is 9.42. The minimum atomic E-state index is 0.481. The average Bonchev–Trinajstić information content (AvgIpc) is 2.08. The maximum Gasteiger partial charge on any atom is 0.129 e. The van der Waals surface area contributed by atoms with Gasteiger partial charge in [-0.05, 0) is 40.2 Å². The van der Waals surface area contributed by atoms with Gasteiger partial charge in [-0.1, -0.05) is 11.6 Å². The number of rotatable bonds is 0. The lowest BCUT2D eigenvalue weighted by Crippen LogP contribution is -1.88. The molecule has 0 bridgehead atoms. The van der Waals surface area contributed by atoms with Crippen molar-refractivity contribution in [2.45, 2.75) is 0 Å². The number of aromatic nitrogens is 1. The van der Waals surface area contributed by atoms with Crippen LogP contribution in [0, 0.1) is 0 Å². The van der Waals surface area contributed by atoms with Crippen molar-refractivity contribution in [2.24, 2.45) is 0 Å². The monoisotopic (exact) mass is 256 g/mol. The number of halogens is 2. The van der Waals surface area contributed by atoms with Gasteiger partial charge in [-0.15, -0.1) is 0 Å². The van der Waals surface area contributed by atoms with E-state index in [-0.39, 0.29) is 0 Å². The molecule has 0 atom stereocenters. The first-order chi connectivity index (χ1) is 6.16. The van der Waals surface area contributed by atoms with Gasteiger partial charge in [0.25, 0.3) is 0 Å². The lowest BCUT2D eigenvalue weighted by atomic mass is 10.2. The second-order valence-corrected chi connectivity index (χ2v) is 3.94. The van der Waals surface area contributed by atoms with E-state index in [9.17, 15) is 0 Å². The Morgan fingerprint density at radius 3 is 2.85 bits per heavy atom. The molecule has 13 heavy (non-hydrogen) atoms. The fourth-order valence-electron chi connectivity index (χ4n) is 1.13. The van der Waals surface area contributed by atoms with Gasteiger partial charge >= 0.3 is 0 Å². The molecule has 1 heterocycles. The van der Waals surface area contributed by atoms with E-state index in [1.165, 1.54) is 0 Å². The Hall–Kier alpha value is -0.800. The van der Waals surface area contributed by atoms with Crippen molar-refractivity contribution in [1.29, 1.82) is 0 Å². The molecule has 2 N–H and O–H groups in total. The third kappa shape index (κ3) is 1.62. The number of nitrogens with two attached hydrogens (primary N) is 1. The molecule has 0 spiro atoms. The summed E-state index contributed by atoms with van der Waals surface area (Å²) >= 11 is 9.10. The SMILES string of the molecule is Nc1cc2nc(Cl)ccc2cc1Br. The van der Waals surface area contributed by atoms with E-state index in [1.807, 2.05) is 12.1 Å². The number of hydrogen-bond acceptors (Lipinski definition) is 2. The first kappa shape index (κ1) is 8.78. The summed E-state index contributed by atoms with van der Waals surface area (Å²) < 4.78 is 0.879. The largest absolute Gasteiger partial charge is 0.398 e. The summed E-state index contributed by atoms with van der Waals surface area (Å²) in [5.74, 6) is 0. The predicted molar refractivity (Wildman–Crippen MR) is 58.9 cm³/mol. The fourth-order valence-corrected chi connectivity index (χ4v) is 1.65. The normalized spacial score (nSPS) is 10.6. The first-order valence-corrected chi connectivity index (χ1v) is 4.85. The molecule has 0 radical (unpaired) electrons. The van der Waals surface area contributed by atoms with Gasteiger partial charge in [0, 0.05) is 15.5 Å². The predicted octanol–water partition coefficient (Wildman–Crippen LogP) is 3.23. The highest BCUT2D eigenvalue weighted by Crippen LogP contribution is 2.25. The van der Waals surface area contributed by atoms with E-state index < -0.39 is 0 Å². The van der Waals surface area contributed by atoms with Gasteiger partial charge in [0.05, 0.1) is 5.52 Å². The number of hydrogen-bond donors (Lipinski definition) is 1. The molecule has 2 nitrogen and oxygen atoms in total. The number of anilines is 1. The summed E-state index contributed by atoms with van der Waals surface area (Å²) in [4.78, 5) is 4.14. The molecule has 0 saturated heterocycles. The number of nitrogens with zero attached hydrogens (tertiary/aromatic N) is 1. The molecule has 0 aliphatic carbocycles. The van der Waals surface area contributed by atoms with Gasteiger partial charge < -0.3 is 5.73 Å². The number of pyridine rings is 1. The molecule has 66 valence electrons. The van der Waals surface area contributed by atoms with E-state index in [2.05, 4.69) is 20.9 Å². The van der Waals surface area contributed by atoms with Crippen LogP contribution in [0.3, 0.4) is 0 Å². The Kier molecular flexibility index (Phi) is 2.14. The van der Waals surface area contributed by atoms with Gasteiger partial charge in [0.2, 0.25) is 0 Å². The molecule has 0 aliphatic rings. The summed E-state index contributed by atoms with van der Waals surface area (Å²) in [6, 6.07) is 7.39. The number of benzene rings is 1. The molecule has 2 aromatic rings. The van der Waals surface area contributed by atoms with Crippen molar-refractivity contribution >= 4 is 44.1 Å². The Labute approximate surface area is 88.8 Å². The van der Waals surface area contributed by atoms with Crippen LogP contribution in [0.4, 0.5) is 5.69 Å². The summed E-state index contributed by atoms with van der Waals surface area (Å²) in [5.41, 5.74) is 7.19. The van der Waals surface area contributed by atoms with Gasteiger partial charge in [-0.2, -0.15) is 0 Å². The highest BCUT2D eigenvalue weighted by molar-refractivity contribution is 9.10. The van der Waals surface area contributed by atoms with Crippen molar-refractivity contribution in [2.75, 3.05) is 5.73 Å². The molecule has 0 aliphatic heterocycles. The first-order valence-electron chi connectivity index (χ1n) is 3.68. The van der Waals surface area contributed by atoms with Crippen molar-refractivity contribution in [3.63, 3.8) is 0 Å². The summed E-state index contributed by atoms with van der Waals surface area (Å²) in [6.07, 6.45) is 0. The van der Waals surface area contributed by atoms with Gasteiger partial charge in [0.15, 0.2) is 0 Å². The van der Waals surface area contributed by atoms with Crippen LogP contribution < -0.4 is 5.73 Å². The topological polar surface area (TPSA) is 38.9 Å². The number of nitrogen functional groups attached to an aromatic ring is 1. The van der Waals surface area contributed by atoms with Gasteiger partial charge in [-0.25, -0.2) is 4.98 Å². The smallest absolute Gasteiger partial charge is 0.129 e. The molecule has 0 amide bonds. The molecule has 2 rings (SSSR count). The Morgan fingerprint density at radius 2 is 2.08 bits per heavy atom. The summed E-state index contributed by atoms with van der Waals surface area (Å²) in [5, 5.41) is 1.50. The molecule has 1 aromatic carbocycles. The van der Waals surface area contributed by atoms with E-state index in [0.29, 0.717) is 10.8 Å². The maximum atomic E-state index is 5.75. The molecule has 1 aromatic heterocycles. The van der Waals surface area contributed by atoms with Crippen molar-refractivity contribution in [3.05, 3.63) is 33.9 Å². The minimum absolute atomic E-state index is 0.481. The molecular formula is C9H6BrClN2. The lowest BCUT2D eigenvalue weighted by molar-refractivity contribution is 1.41. The quantitative estimate of drug-likeness (QED) is 0.581. The van der Waals surface area contributed by atoms with Crippen LogP contribution in [0.25, 0.3) is 10.9 Å². The Bertz CT molecular complexity index is 470. The Morgan fingerprint density at radius 1 is 1.31 bits per heavy atom. The molecule has 4 heteroatoms. The standard InChI is InChI=1S/C9H6BrClN2/c10-6-3-5-1-2-9(11)13-8(5)4-7(6)12/h1-4H,12H2. The third-order valence-corrected chi connectivity index (χ3v) is 2.67. The fraction of sp³-hybridized carbons (Fsp3) is 0.